The monoisotopic (exact) mass is 727 g/mol. The molecule has 2 fully saturated rings. The summed E-state index contributed by atoms with van der Waals surface area (Å²) in [5.74, 6) is -4.26. The number of carbonyl (C=O) groups is 4. The molecule has 0 aromatic heterocycles. The molecule has 0 saturated carbocycles. The van der Waals surface area contributed by atoms with Crippen LogP contribution in [-0.2, 0) is 33.4 Å². The molecule has 4 heterocycles. The number of para-hydroxylation sites is 1. The molecule has 11 nitrogen and oxygen atoms in total. The standard InChI is InChI=1S/C34H35BrClN3O8/c1-45-19-23-28(20-10-4-2-5-11-20)46-33(44)26-27-31(42)39(16-17-40)30(34(27)18-21(35)29(26)47-34)32(43)38(24-13-8-7-12-22(24)36)15-9-3-6-14-25(41)37-23/h2-5,7-13,18,23,26-30,40H,6,14-17,19H2,1H3,(H,37,41)/b9-3-/t23-,26+,27-,28-,29+,30+,34-/m1/s1. The lowest BCUT2D eigenvalue weighted by atomic mass is 9.74. The summed E-state index contributed by atoms with van der Waals surface area (Å²) < 4.78 is 18.7. The van der Waals surface area contributed by atoms with Gasteiger partial charge in [0.25, 0.3) is 5.91 Å². The maximum atomic E-state index is 14.7. The fourth-order valence-corrected chi connectivity index (χ4v) is 8.12. The molecule has 0 radical (unpaired) electrons. The van der Waals surface area contributed by atoms with E-state index >= 15 is 0 Å². The number of anilines is 1. The molecule has 7 atom stereocenters. The third-order valence-electron chi connectivity index (χ3n) is 9.10. The minimum atomic E-state index is -1.53. The van der Waals surface area contributed by atoms with Crippen molar-refractivity contribution in [3.8, 4) is 0 Å². The molecule has 0 unspecified atom stereocenters. The number of nitrogens with one attached hydrogen (secondary N) is 1. The van der Waals surface area contributed by atoms with Gasteiger partial charge in [0.15, 0.2) is 0 Å². The van der Waals surface area contributed by atoms with Crippen LogP contribution in [0.3, 0.4) is 0 Å². The lowest BCUT2D eigenvalue weighted by molar-refractivity contribution is -0.162. The number of nitrogens with zero attached hydrogens (tertiary/aromatic N) is 2. The first-order chi connectivity index (χ1) is 22.7. The summed E-state index contributed by atoms with van der Waals surface area (Å²) in [6, 6.07) is 13.9. The van der Waals surface area contributed by atoms with E-state index in [4.69, 9.17) is 25.8 Å². The van der Waals surface area contributed by atoms with Crippen LogP contribution in [0.4, 0.5) is 5.69 Å². The van der Waals surface area contributed by atoms with Gasteiger partial charge < -0.3 is 34.4 Å². The molecule has 5 bridgehead atoms. The Balaban J connectivity index is 1.48. The summed E-state index contributed by atoms with van der Waals surface area (Å²) in [4.78, 5) is 59.2. The van der Waals surface area contributed by atoms with Gasteiger partial charge in [-0.1, -0.05) is 82.1 Å². The fourth-order valence-electron chi connectivity index (χ4n) is 7.14. The van der Waals surface area contributed by atoms with Crippen LogP contribution in [-0.4, -0.2) is 90.9 Å². The largest absolute Gasteiger partial charge is 0.455 e. The van der Waals surface area contributed by atoms with Gasteiger partial charge in [0.05, 0.1) is 35.9 Å². The number of carbonyl (C=O) groups excluding carboxylic acids is 4. The second-order valence-corrected chi connectivity index (χ2v) is 13.2. The van der Waals surface area contributed by atoms with Crippen LogP contribution < -0.4 is 10.2 Å². The third kappa shape index (κ3) is 6.02. The van der Waals surface area contributed by atoms with E-state index < -0.39 is 66.1 Å². The number of rotatable bonds is 6. The maximum Gasteiger partial charge on any atom is 0.313 e. The second kappa shape index (κ2) is 13.9. The Morgan fingerprint density at radius 3 is 2.51 bits per heavy atom. The van der Waals surface area contributed by atoms with Crippen molar-refractivity contribution >= 4 is 56.9 Å². The number of esters is 1. The average Bonchev–Trinajstić information content (AvgIpc) is 3.65. The Hall–Kier alpha value is -3.55. The van der Waals surface area contributed by atoms with Gasteiger partial charge in [-0.05, 0) is 30.2 Å². The van der Waals surface area contributed by atoms with E-state index in [1.165, 1.54) is 16.9 Å². The fraction of sp³-hybridized carbons (Fsp3) is 0.412. The molecular weight excluding hydrogens is 694 g/mol. The first-order valence-electron chi connectivity index (χ1n) is 15.4. The number of likely N-dealkylation sites (tertiary alicyclic amines) is 1. The molecule has 248 valence electrons. The van der Waals surface area contributed by atoms with E-state index in [1.807, 2.05) is 6.07 Å². The minimum absolute atomic E-state index is 0.0442. The molecular formula is C34H35BrClN3O8. The summed E-state index contributed by atoms with van der Waals surface area (Å²) in [5.41, 5.74) is -0.497. The summed E-state index contributed by atoms with van der Waals surface area (Å²) in [5, 5.41) is 13.3. The highest BCUT2D eigenvalue weighted by molar-refractivity contribution is 9.11. The van der Waals surface area contributed by atoms with Crippen LogP contribution in [0.25, 0.3) is 0 Å². The summed E-state index contributed by atoms with van der Waals surface area (Å²) in [6.07, 6.45) is 3.89. The van der Waals surface area contributed by atoms with Crippen molar-refractivity contribution in [1.82, 2.24) is 10.2 Å². The van der Waals surface area contributed by atoms with Gasteiger partial charge in [-0.3, -0.25) is 19.2 Å². The second-order valence-electron chi connectivity index (χ2n) is 11.9. The molecule has 4 aliphatic rings. The minimum Gasteiger partial charge on any atom is -0.455 e. The molecule has 13 heteroatoms. The summed E-state index contributed by atoms with van der Waals surface area (Å²) in [6.45, 7) is -0.453. The van der Waals surface area contributed by atoms with Gasteiger partial charge in [0.1, 0.15) is 29.8 Å². The zero-order valence-corrected chi connectivity index (χ0v) is 27.9. The number of amides is 3. The number of aliphatic hydroxyl groups excluding tert-OH is 1. The molecule has 2 N–H and O–H groups in total. The van der Waals surface area contributed by atoms with E-state index in [9.17, 15) is 24.3 Å². The predicted molar refractivity (Wildman–Crippen MR) is 175 cm³/mol. The first kappa shape index (κ1) is 33.4. The highest BCUT2D eigenvalue weighted by Crippen LogP contribution is 2.59. The highest BCUT2D eigenvalue weighted by Gasteiger charge is 2.75. The Labute approximate surface area is 285 Å². The van der Waals surface area contributed by atoms with E-state index in [2.05, 4.69) is 21.2 Å². The van der Waals surface area contributed by atoms with Crippen LogP contribution in [0.1, 0.15) is 24.5 Å². The van der Waals surface area contributed by atoms with Crippen molar-refractivity contribution in [3.63, 3.8) is 0 Å². The number of benzene rings is 2. The normalized spacial score (nSPS) is 31.8. The molecule has 3 amide bonds. The van der Waals surface area contributed by atoms with Crippen LogP contribution in [0.2, 0.25) is 5.02 Å². The van der Waals surface area contributed by atoms with Crippen molar-refractivity contribution in [1.29, 1.82) is 0 Å². The first-order valence-corrected chi connectivity index (χ1v) is 16.6. The molecule has 1 spiro atoms. The zero-order valence-electron chi connectivity index (χ0n) is 25.6. The van der Waals surface area contributed by atoms with Crippen molar-refractivity contribution in [2.75, 3.05) is 38.3 Å². The number of aliphatic hydroxyl groups is 1. The average molecular weight is 729 g/mol. The van der Waals surface area contributed by atoms with Crippen molar-refractivity contribution in [2.24, 2.45) is 11.8 Å². The number of hydrogen-bond donors (Lipinski definition) is 2. The SMILES string of the molecule is COC[C@H]1NC(=O)CC/C=C\CN(c2ccccc2Cl)C(=O)[C@@H]2N(CCO)C(=O)[C@H]3[C@H](C(=O)O[C@@H]1c1ccccc1)[C@H]1O[C@@]23C=C1Br. The Morgan fingerprint density at radius 1 is 1.04 bits per heavy atom. The van der Waals surface area contributed by atoms with E-state index in [1.54, 1.807) is 66.8 Å². The molecule has 47 heavy (non-hydrogen) atoms. The Bertz CT molecular complexity index is 1600. The summed E-state index contributed by atoms with van der Waals surface area (Å²) in [7, 11) is 1.49. The molecule has 2 aromatic carbocycles. The number of halogens is 2. The Morgan fingerprint density at radius 2 is 1.79 bits per heavy atom. The number of fused-ring (bicyclic) bond motifs is 2. The van der Waals surface area contributed by atoms with E-state index in [-0.39, 0.29) is 32.0 Å². The van der Waals surface area contributed by atoms with Crippen LogP contribution in [0.5, 0.6) is 0 Å². The van der Waals surface area contributed by atoms with E-state index in [0.29, 0.717) is 27.2 Å². The van der Waals surface area contributed by atoms with Gasteiger partial charge in [0.2, 0.25) is 11.8 Å². The van der Waals surface area contributed by atoms with Gasteiger partial charge >= 0.3 is 5.97 Å². The number of cyclic esters (lactones) is 1. The lowest BCUT2D eigenvalue weighted by Gasteiger charge is -2.35. The van der Waals surface area contributed by atoms with Gasteiger partial charge in [0, 0.05) is 31.1 Å². The quantitative estimate of drug-likeness (QED) is 0.342. The molecule has 6 rings (SSSR count). The predicted octanol–water partition coefficient (Wildman–Crippen LogP) is 3.30. The Kier molecular flexibility index (Phi) is 9.86. The van der Waals surface area contributed by atoms with Crippen molar-refractivity contribution < 1.29 is 38.5 Å². The smallest absolute Gasteiger partial charge is 0.313 e. The topological polar surface area (TPSA) is 135 Å². The van der Waals surface area contributed by atoms with Crippen LogP contribution >= 0.6 is 27.5 Å². The summed E-state index contributed by atoms with van der Waals surface area (Å²) >= 11 is 10.1. The molecule has 2 saturated heterocycles. The zero-order chi connectivity index (χ0) is 33.3. The van der Waals surface area contributed by atoms with Gasteiger partial charge in [-0.15, -0.1) is 0 Å². The molecule has 4 aliphatic heterocycles. The van der Waals surface area contributed by atoms with Gasteiger partial charge in [-0.25, -0.2) is 0 Å². The van der Waals surface area contributed by atoms with Crippen LogP contribution in [0.15, 0.2) is 77.3 Å². The maximum absolute atomic E-state index is 14.7. The number of ether oxygens (including phenoxy) is 3. The van der Waals surface area contributed by atoms with Crippen molar-refractivity contribution in [2.45, 2.75) is 42.7 Å². The number of β-amino-alcohol motifs (C(OH)–C–C–N with tert-alkyl or cyclic N) is 1. The lowest BCUT2D eigenvalue weighted by Crippen LogP contribution is -2.56. The number of hydrogen-bond acceptors (Lipinski definition) is 8. The van der Waals surface area contributed by atoms with E-state index in [0.717, 1.165) is 0 Å². The highest BCUT2D eigenvalue weighted by atomic mass is 79.9. The molecule has 0 aliphatic carbocycles. The molecule has 2 aromatic rings. The number of methoxy groups -OCH3 is 1. The van der Waals surface area contributed by atoms with Crippen LogP contribution in [0, 0.1) is 11.8 Å². The van der Waals surface area contributed by atoms with Gasteiger partial charge in [-0.2, -0.15) is 0 Å². The third-order valence-corrected chi connectivity index (χ3v) is 10.1. The van der Waals surface area contributed by atoms with Crippen molar-refractivity contribution in [3.05, 3.63) is 87.9 Å². The number of allylic oxidation sites excluding steroid dienone is 1.